The molecule has 13 heteroatoms. The minimum atomic E-state index is -4.03. The highest BCUT2D eigenvalue weighted by atomic mass is 32.2. The molecular weight excluding hydrogens is 563 g/mol. The van der Waals surface area contributed by atoms with E-state index >= 15 is 0 Å². The first-order chi connectivity index (χ1) is 18.5. The van der Waals surface area contributed by atoms with Gasteiger partial charge in [-0.25, -0.2) is 16.8 Å². The second-order valence-corrected chi connectivity index (χ2v) is 14.3. The Bertz CT molecular complexity index is 1510. The number of carbonyl (C=O) groups is 1. The predicted molar refractivity (Wildman–Crippen MR) is 149 cm³/mol. The Balaban J connectivity index is 1.77. The van der Waals surface area contributed by atoms with Crippen LogP contribution in [0.1, 0.15) is 24.2 Å². The molecule has 10 nitrogen and oxygen atoms in total. The lowest BCUT2D eigenvalue weighted by molar-refractivity contribution is 0.0389. The molecule has 1 amide bonds. The molecule has 210 valence electrons. The molecule has 0 saturated heterocycles. The molecule has 0 spiro atoms. The number of hydrogen-bond acceptors (Lipinski definition) is 8. The van der Waals surface area contributed by atoms with Gasteiger partial charge < -0.3 is 14.7 Å². The Morgan fingerprint density at radius 2 is 1.82 bits per heavy atom. The van der Waals surface area contributed by atoms with Crippen LogP contribution in [0.4, 0.5) is 5.69 Å². The largest absolute Gasteiger partial charge is 0.486 e. The van der Waals surface area contributed by atoms with Crippen LogP contribution in [0.15, 0.2) is 75.1 Å². The molecule has 4 rings (SSSR count). The highest BCUT2D eigenvalue weighted by Crippen LogP contribution is 2.36. The summed E-state index contributed by atoms with van der Waals surface area (Å²) in [4.78, 5) is 15.2. The zero-order valence-electron chi connectivity index (χ0n) is 21.7. The van der Waals surface area contributed by atoms with Crippen molar-refractivity contribution in [3.63, 3.8) is 0 Å². The van der Waals surface area contributed by atoms with Crippen LogP contribution in [0.2, 0.25) is 0 Å². The minimum absolute atomic E-state index is 0.00406. The Hall–Kier alpha value is -2.97. The van der Waals surface area contributed by atoms with Crippen molar-refractivity contribution in [3.05, 3.63) is 71.6 Å². The first-order valence-electron chi connectivity index (χ1n) is 12.2. The molecule has 2 heterocycles. The zero-order valence-corrected chi connectivity index (χ0v) is 24.2. The molecule has 1 aliphatic heterocycles. The number of para-hydroxylation sites is 1. The maximum Gasteiger partial charge on any atom is 0.262 e. The van der Waals surface area contributed by atoms with E-state index in [4.69, 9.17) is 4.74 Å². The molecule has 2 N–H and O–H groups in total. The average molecular weight is 594 g/mol. The van der Waals surface area contributed by atoms with Gasteiger partial charge in [0.05, 0.1) is 35.3 Å². The van der Waals surface area contributed by atoms with Gasteiger partial charge in [-0.3, -0.25) is 9.52 Å². The van der Waals surface area contributed by atoms with Crippen molar-refractivity contribution in [2.45, 2.75) is 35.1 Å². The average Bonchev–Trinajstić information content (AvgIpc) is 3.47. The minimum Gasteiger partial charge on any atom is -0.486 e. The normalized spacial score (nSPS) is 19.1. The SMILES string of the molecule is C[C@@H]1CN([C@@H](C)CO)C(=O)c2cccc(NS(=O)(=O)c3ccccc3)c2O[C@@H]1CN(C)S(=O)(=O)c1cccs1. The third-order valence-corrected chi connectivity index (χ3v) is 11.2. The van der Waals surface area contributed by atoms with Gasteiger partial charge in [-0.2, -0.15) is 4.31 Å². The summed E-state index contributed by atoms with van der Waals surface area (Å²) in [7, 11) is -6.37. The fourth-order valence-electron chi connectivity index (χ4n) is 4.26. The number of fused-ring (bicyclic) bond motifs is 1. The molecule has 0 bridgehead atoms. The van der Waals surface area contributed by atoms with E-state index in [9.17, 15) is 26.7 Å². The van der Waals surface area contributed by atoms with E-state index in [-0.39, 0.29) is 51.7 Å². The third-order valence-electron chi connectivity index (χ3n) is 6.59. The van der Waals surface area contributed by atoms with Crippen molar-refractivity contribution in [2.75, 3.05) is 31.5 Å². The van der Waals surface area contributed by atoms with Crippen molar-refractivity contribution >= 4 is 43.0 Å². The lowest BCUT2D eigenvalue weighted by atomic mass is 9.99. The van der Waals surface area contributed by atoms with Gasteiger partial charge in [0, 0.05) is 19.5 Å². The van der Waals surface area contributed by atoms with Gasteiger partial charge in [-0.15, -0.1) is 11.3 Å². The van der Waals surface area contributed by atoms with Crippen molar-refractivity contribution < 1.29 is 31.5 Å². The monoisotopic (exact) mass is 593 g/mol. The molecular formula is C26H31N3O7S3. The highest BCUT2D eigenvalue weighted by molar-refractivity contribution is 7.92. The van der Waals surface area contributed by atoms with E-state index < -0.39 is 38.1 Å². The molecule has 0 unspecified atom stereocenters. The van der Waals surface area contributed by atoms with Gasteiger partial charge in [-0.05, 0) is 42.6 Å². The Morgan fingerprint density at radius 1 is 1.10 bits per heavy atom. The molecule has 0 radical (unpaired) electrons. The third kappa shape index (κ3) is 6.12. The van der Waals surface area contributed by atoms with Crippen molar-refractivity contribution in [2.24, 2.45) is 5.92 Å². The number of amides is 1. The molecule has 3 atom stereocenters. The summed E-state index contributed by atoms with van der Waals surface area (Å²) in [5.41, 5.74) is 0.147. The van der Waals surface area contributed by atoms with Crippen molar-refractivity contribution in [1.29, 1.82) is 0 Å². The standard InChI is InChI=1S/C26H31N3O7S3/c1-18-15-29(19(2)17-30)26(31)21-11-7-12-22(27-38(32,33)20-9-5-4-6-10-20)25(21)36-23(18)16-28(3)39(34,35)24-13-8-14-37-24/h4-14,18-19,23,27,30H,15-17H2,1-3H3/t18-,19+,23-/m1/s1. The summed E-state index contributed by atoms with van der Waals surface area (Å²) < 4.78 is 62.8. The molecule has 39 heavy (non-hydrogen) atoms. The smallest absolute Gasteiger partial charge is 0.262 e. The fraction of sp³-hybridized carbons (Fsp3) is 0.346. The lowest BCUT2D eigenvalue weighted by Gasteiger charge is -2.38. The molecule has 1 aromatic heterocycles. The van der Waals surface area contributed by atoms with E-state index in [1.165, 1.54) is 52.7 Å². The van der Waals surface area contributed by atoms with E-state index in [0.717, 1.165) is 11.3 Å². The van der Waals surface area contributed by atoms with Crippen LogP contribution in [0, 0.1) is 5.92 Å². The number of aliphatic hydroxyl groups is 1. The Labute approximate surface area is 232 Å². The van der Waals surface area contributed by atoms with Crippen molar-refractivity contribution in [1.82, 2.24) is 9.21 Å². The van der Waals surface area contributed by atoms with Gasteiger partial charge in [0.2, 0.25) is 0 Å². The number of benzene rings is 2. The number of likely N-dealkylation sites (N-methyl/N-ethyl adjacent to an activating group) is 1. The predicted octanol–water partition coefficient (Wildman–Crippen LogP) is 3.09. The first-order valence-corrected chi connectivity index (χ1v) is 16.0. The summed E-state index contributed by atoms with van der Waals surface area (Å²) in [5, 5.41) is 11.5. The number of nitrogens with zero attached hydrogens (tertiary/aromatic N) is 2. The van der Waals surface area contributed by atoms with E-state index in [1.807, 2.05) is 6.92 Å². The number of anilines is 1. The van der Waals surface area contributed by atoms with Crippen LogP contribution in [0.25, 0.3) is 0 Å². The molecule has 0 aliphatic carbocycles. The molecule has 0 fully saturated rings. The van der Waals surface area contributed by atoms with Gasteiger partial charge in [0.15, 0.2) is 5.75 Å². The van der Waals surface area contributed by atoms with Gasteiger partial charge in [0.25, 0.3) is 26.0 Å². The summed E-state index contributed by atoms with van der Waals surface area (Å²) in [5.74, 6) is -0.816. The van der Waals surface area contributed by atoms with Gasteiger partial charge in [-0.1, -0.05) is 37.3 Å². The zero-order chi connectivity index (χ0) is 28.4. The van der Waals surface area contributed by atoms with E-state index in [0.29, 0.717) is 0 Å². The Morgan fingerprint density at radius 3 is 2.46 bits per heavy atom. The van der Waals surface area contributed by atoms with E-state index in [2.05, 4.69) is 4.72 Å². The topological polar surface area (TPSA) is 133 Å². The summed E-state index contributed by atoms with van der Waals surface area (Å²) in [6.45, 7) is 3.37. The van der Waals surface area contributed by atoms with Crippen LogP contribution >= 0.6 is 11.3 Å². The number of aliphatic hydroxyl groups excluding tert-OH is 1. The van der Waals surface area contributed by atoms with Crippen LogP contribution < -0.4 is 9.46 Å². The highest BCUT2D eigenvalue weighted by Gasteiger charge is 2.36. The quantitative estimate of drug-likeness (QED) is 0.390. The van der Waals surface area contributed by atoms with Crippen LogP contribution in [0.3, 0.4) is 0 Å². The maximum absolute atomic E-state index is 13.6. The number of thiophene rings is 1. The summed E-state index contributed by atoms with van der Waals surface area (Å²) >= 11 is 1.10. The molecule has 3 aromatic rings. The van der Waals surface area contributed by atoms with Crippen LogP contribution in [-0.4, -0.2) is 75.9 Å². The molecule has 1 aliphatic rings. The number of sulfonamides is 2. The number of hydrogen-bond donors (Lipinski definition) is 2. The maximum atomic E-state index is 13.6. The number of ether oxygens (including phenoxy) is 1. The Kier molecular flexibility index (Phi) is 8.66. The van der Waals surface area contributed by atoms with Crippen LogP contribution in [0.5, 0.6) is 5.75 Å². The lowest BCUT2D eigenvalue weighted by Crippen LogP contribution is -2.50. The summed E-state index contributed by atoms with van der Waals surface area (Å²) in [6.07, 6.45) is -0.757. The van der Waals surface area contributed by atoms with Crippen molar-refractivity contribution in [3.8, 4) is 5.75 Å². The first kappa shape index (κ1) is 29.0. The van der Waals surface area contributed by atoms with Gasteiger partial charge in [0.1, 0.15) is 10.3 Å². The molecule has 0 saturated carbocycles. The van der Waals surface area contributed by atoms with Crippen LogP contribution in [-0.2, 0) is 20.0 Å². The fourth-order valence-corrected chi connectivity index (χ4v) is 7.73. The number of rotatable bonds is 9. The second-order valence-electron chi connectivity index (χ2n) is 9.44. The van der Waals surface area contributed by atoms with Gasteiger partial charge >= 0.3 is 0 Å². The number of carbonyl (C=O) groups excluding carboxylic acids is 1. The second kappa shape index (κ2) is 11.6. The summed E-state index contributed by atoms with van der Waals surface area (Å²) in [6, 6.07) is 15.0. The molecule has 2 aromatic carbocycles. The van der Waals surface area contributed by atoms with E-state index in [1.54, 1.807) is 36.6 Å². The number of nitrogens with one attached hydrogen (secondary N) is 1.